The average Bonchev–Trinajstić information content (AvgIpc) is 3.81. The Morgan fingerprint density at radius 3 is 1.98 bits per heavy atom. The van der Waals surface area contributed by atoms with Gasteiger partial charge in [0.2, 0.25) is 0 Å². The summed E-state index contributed by atoms with van der Waals surface area (Å²) in [5.74, 6) is 0. The van der Waals surface area contributed by atoms with Crippen LogP contribution in [0, 0.1) is 0 Å². The molecular formula is C49H34N2S. The Morgan fingerprint density at radius 2 is 1.12 bits per heavy atom. The molecule has 0 fully saturated rings. The summed E-state index contributed by atoms with van der Waals surface area (Å²) in [6, 6.07) is 62.8. The number of thiophene rings is 1. The summed E-state index contributed by atoms with van der Waals surface area (Å²) in [6.07, 6.45) is 0. The Labute approximate surface area is 306 Å². The monoisotopic (exact) mass is 682 g/mol. The van der Waals surface area contributed by atoms with E-state index in [4.69, 9.17) is 0 Å². The van der Waals surface area contributed by atoms with Crippen molar-refractivity contribution < 1.29 is 0 Å². The number of benzene rings is 8. The van der Waals surface area contributed by atoms with Crippen molar-refractivity contribution in [2.24, 2.45) is 0 Å². The van der Waals surface area contributed by atoms with Gasteiger partial charge in [0.1, 0.15) is 0 Å². The van der Waals surface area contributed by atoms with E-state index in [2.05, 4.69) is 193 Å². The van der Waals surface area contributed by atoms with Crippen LogP contribution in [0.1, 0.15) is 25.0 Å². The summed E-state index contributed by atoms with van der Waals surface area (Å²) < 4.78 is 5.13. The quantitative estimate of drug-likeness (QED) is 0.179. The zero-order chi connectivity index (χ0) is 34.6. The second-order valence-electron chi connectivity index (χ2n) is 14.6. The summed E-state index contributed by atoms with van der Waals surface area (Å²) >= 11 is 1.86. The maximum atomic E-state index is 2.49. The predicted octanol–water partition coefficient (Wildman–Crippen LogP) is 14.1. The molecule has 0 amide bonds. The number of fused-ring (bicyclic) bond motifs is 11. The molecule has 2 nitrogen and oxygen atoms in total. The van der Waals surface area contributed by atoms with Crippen LogP contribution in [0.3, 0.4) is 0 Å². The average molecular weight is 683 g/mol. The third-order valence-electron chi connectivity index (χ3n) is 11.4. The van der Waals surface area contributed by atoms with Gasteiger partial charge in [0.15, 0.2) is 0 Å². The first-order valence-electron chi connectivity index (χ1n) is 18.0. The fourth-order valence-corrected chi connectivity index (χ4v) is 9.95. The molecule has 0 spiro atoms. The van der Waals surface area contributed by atoms with E-state index in [1.807, 2.05) is 11.3 Å². The second-order valence-corrected chi connectivity index (χ2v) is 15.7. The maximum Gasteiger partial charge on any atom is 0.0619 e. The number of hydrogen-bond acceptors (Lipinski definition) is 2. The summed E-state index contributed by atoms with van der Waals surface area (Å²) in [5.41, 5.74) is 12.3. The lowest BCUT2D eigenvalue weighted by atomic mass is 9.82. The van der Waals surface area contributed by atoms with E-state index in [0.717, 1.165) is 11.4 Å². The van der Waals surface area contributed by atoms with Crippen LogP contribution in [0.4, 0.5) is 17.1 Å². The smallest absolute Gasteiger partial charge is 0.0619 e. The summed E-state index contributed by atoms with van der Waals surface area (Å²) in [7, 11) is 0. The number of para-hydroxylation sites is 2. The van der Waals surface area contributed by atoms with E-state index in [1.165, 1.54) is 86.4 Å². The molecule has 52 heavy (non-hydrogen) atoms. The van der Waals surface area contributed by atoms with E-state index in [1.54, 1.807) is 0 Å². The first kappa shape index (κ1) is 29.6. The van der Waals surface area contributed by atoms with Crippen LogP contribution < -0.4 is 4.90 Å². The molecule has 3 heteroatoms. The zero-order valence-corrected chi connectivity index (χ0v) is 29.8. The van der Waals surface area contributed by atoms with Gasteiger partial charge in [0, 0.05) is 64.5 Å². The van der Waals surface area contributed by atoms with Crippen molar-refractivity contribution in [3.05, 3.63) is 181 Å². The van der Waals surface area contributed by atoms with Crippen molar-refractivity contribution in [1.82, 2.24) is 4.57 Å². The van der Waals surface area contributed by atoms with E-state index in [9.17, 15) is 0 Å². The van der Waals surface area contributed by atoms with Crippen molar-refractivity contribution in [2.45, 2.75) is 19.3 Å². The van der Waals surface area contributed by atoms with Gasteiger partial charge in [-0.3, -0.25) is 0 Å². The van der Waals surface area contributed by atoms with Crippen molar-refractivity contribution in [1.29, 1.82) is 0 Å². The highest BCUT2D eigenvalue weighted by Gasteiger charge is 2.36. The van der Waals surface area contributed by atoms with Crippen molar-refractivity contribution >= 4 is 81.1 Å². The summed E-state index contributed by atoms with van der Waals surface area (Å²) in [4.78, 5) is 2.42. The van der Waals surface area contributed by atoms with Gasteiger partial charge in [-0.05, 0) is 94.4 Å². The highest BCUT2D eigenvalue weighted by atomic mass is 32.1. The Morgan fingerprint density at radius 1 is 0.462 bits per heavy atom. The maximum absolute atomic E-state index is 2.49. The van der Waals surface area contributed by atoms with E-state index in [-0.39, 0.29) is 5.41 Å². The van der Waals surface area contributed by atoms with Crippen molar-refractivity contribution in [3.63, 3.8) is 0 Å². The molecule has 246 valence electrons. The van der Waals surface area contributed by atoms with Gasteiger partial charge in [-0.2, -0.15) is 0 Å². The van der Waals surface area contributed by atoms with Crippen LogP contribution >= 0.6 is 11.3 Å². The van der Waals surface area contributed by atoms with Crippen LogP contribution in [0.2, 0.25) is 0 Å². The molecule has 2 heterocycles. The molecule has 2 aromatic heterocycles. The molecule has 0 saturated carbocycles. The normalized spacial score (nSPS) is 13.3. The molecule has 0 radical (unpaired) electrons. The van der Waals surface area contributed by atoms with E-state index < -0.39 is 0 Å². The fourth-order valence-electron chi connectivity index (χ4n) is 8.87. The van der Waals surface area contributed by atoms with Gasteiger partial charge in [0.05, 0.1) is 11.0 Å². The third kappa shape index (κ3) is 4.17. The standard InChI is InChI=1S/C49H34N2S/c1-49(2)43-29-34(50(32-13-4-3-5-14-32)33-23-27-47-42(28-33)40-17-9-11-19-46(40)52-47)21-25-37(43)38-26-22-35(30-44(38)49)51-45-18-10-8-16-39(45)41-24-20-31-12-6-7-15-36(31)48(41)51/h3-30H,1-2H3. The number of aromatic nitrogens is 1. The molecular weight excluding hydrogens is 649 g/mol. The molecule has 11 rings (SSSR count). The first-order valence-corrected chi connectivity index (χ1v) is 18.8. The van der Waals surface area contributed by atoms with E-state index >= 15 is 0 Å². The molecule has 0 bridgehead atoms. The van der Waals surface area contributed by atoms with Crippen LogP contribution in [0.15, 0.2) is 170 Å². The molecule has 0 unspecified atom stereocenters. The van der Waals surface area contributed by atoms with Crippen LogP contribution in [0.25, 0.3) is 69.6 Å². The molecule has 0 aliphatic heterocycles. The van der Waals surface area contributed by atoms with Crippen molar-refractivity contribution in [3.8, 4) is 16.8 Å². The number of rotatable bonds is 4. The first-order chi connectivity index (χ1) is 25.5. The molecule has 1 aliphatic carbocycles. The Kier molecular flexibility index (Phi) is 6.21. The van der Waals surface area contributed by atoms with Crippen LogP contribution in [-0.2, 0) is 5.41 Å². The lowest BCUT2D eigenvalue weighted by Gasteiger charge is -2.28. The fraction of sp³-hybridized carbons (Fsp3) is 0.0612. The predicted molar refractivity (Wildman–Crippen MR) is 223 cm³/mol. The lowest BCUT2D eigenvalue weighted by Crippen LogP contribution is -2.17. The molecule has 10 aromatic rings. The number of anilines is 3. The number of hydrogen-bond donors (Lipinski definition) is 0. The van der Waals surface area contributed by atoms with Crippen LogP contribution in [-0.4, -0.2) is 4.57 Å². The topological polar surface area (TPSA) is 8.17 Å². The Balaban J connectivity index is 1.08. The van der Waals surface area contributed by atoms with Crippen LogP contribution in [0.5, 0.6) is 0 Å². The Bertz CT molecular complexity index is 3050. The molecule has 0 saturated heterocycles. The molecule has 0 atom stereocenters. The lowest BCUT2D eigenvalue weighted by molar-refractivity contribution is 0.660. The Hall–Kier alpha value is -6.16. The minimum atomic E-state index is -0.201. The third-order valence-corrected chi connectivity index (χ3v) is 12.5. The molecule has 0 N–H and O–H groups in total. The number of nitrogens with zero attached hydrogens (tertiary/aromatic N) is 2. The largest absolute Gasteiger partial charge is 0.310 e. The van der Waals surface area contributed by atoms with Gasteiger partial charge < -0.3 is 9.47 Å². The van der Waals surface area contributed by atoms with E-state index in [0.29, 0.717) is 0 Å². The van der Waals surface area contributed by atoms with Gasteiger partial charge in [-0.15, -0.1) is 11.3 Å². The minimum Gasteiger partial charge on any atom is -0.310 e. The minimum absolute atomic E-state index is 0.201. The van der Waals surface area contributed by atoms with Gasteiger partial charge in [-0.25, -0.2) is 0 Å². The molecule has 8 aromatic carbocycles. The summed E-state index contributed by atoms with van der Waals surface area (Å²) in [5, 5.41) is 7.73. The van der Waals surface area contributed by atoms with Gasteiger partial charge in [0.25, 0.3) is 0 Å². The summed E-state index contributed by atoms with van der Waals surface area (Å²) in [6.45, 7) is 4.78. The van der Waals surface area contributed by atoms with Gasteiger partial charge in [-0.1, -0.05) is 117 Å². The SMILES string of the molecule is CC1(C)c2cc(N(c3ccccc3)c3ccc4sc5ccccc5c4c3)ccc2-c2ccc(-n3c4ccccc4c4ccc5ccccc5c43)cc21. The highest BCUT2D eigenvalue weighted by Crippen LogP contribution is 2.52. The zero-order valence-electron chi connectivity index (χ0n) is 29.0. The molecule has 1 aliphatic rings. The highest BCUT2D eigenvalue weighted by molar-refractivity contribution is 7.25. The second kappa shape index (κ2) is 10.9. The van der Waals surface area contributed by atoms with Gasteiger partial charge >= 0.3 is 0 Å². The van der Waals surface area contributed by atoms with Crippen molar-refractivity contribution in [2.75, 3.05) is 4.90 Å².